The number of aliphatic hydroxyl groups excluding tert-OH is 1. The summed E-state index contributed by atoms with van der Waals surface area (Å²) >= 11 is 0. The van der Waals surface area contributed by atoms with Crippen molar-refractivity contribution in [3.63, 3.8) is 0 Å². The van der Waals surface area contributed by atoms with Gasteiger partial charge in [-0.25, -0.2) is 9.78 Å². The maximum Gasteiger partial charge on any atom is 0.326 e. The first-order chi connectivity index (χ1) is 16.5. The number of nitrogens with zero attached hydrogens (tertiary/aromatic N) is 1. The van der Waals surface area contributed by atoms with Crippen LogP contribution in [-0.4, -0.2) is 52.4 Å². The molecule has 1 aliphatic carbocycles. The molecular formula is C26H33N3O5. The predicted molar refractivity (Wildman–Crippen MR) is 127 cm³/mol. The molecule has 8 nitrogen and oxygen atoms in total. The van der Waals surface area contributed by atoms with Gasteiger partial charge in [0.15, 0.2) is 6.10 Å². The minimum absolute atomic E-state index is 0.128. The Morgan fingerprint density at radius 1 is 1.18 bits per heavy atom. The fraction of sp³-hybridized carbons (Fsp3) is 0.500. The number of amides is 1. The first-order valence-corrected chi connectivity index (χ1v) is 12.1. The third kappa shape index (κ3) is 6.33. The van der Waals surface area contributed by atoms with Gasteiger partial charge >= 0.3 is 5.97 Å². The first kappa shape index (κ1) is 24.2. The zero-order chi connectivity index (χ0) is 23.9. The molecule has 1 fully saturated rings. The third-order valence-corrected chi connectivity index (χ3v) is 6.69. The fourth-order valence-corrected chi connectivity index (χ4v) is 4.55. The average Bonchev–Trinajstić information content (AvgIpc) is 2.83. The van der Waals surface area contributed by atoms with E-state index in [1.165, 1.54) is 5.56 Å². The van der Waals surface area contributed by atoms with Gasteiger partial charge in [-0.15, -0.1) is 0 Å². The number of rotatable bonds is 11. The van der Waals surface area contributed by atoms with Gasteiger partial charge in [-0.1, -0.05) is 36.4 Å². The van der Waals surface area contributed by atoms with Crippen LogP contribution >= 0.6 is 0 Å². The Kier molecular flexibility index (Phi) is 8.13. The van der Waals surface area contributed by atoms with Gasteiger partial charge in [0.2, 0.25) is 0 Å². The van der Waals surface area contributed by atoms with E-state index in [2.05, 4.69) is 22.8 Å². The van der Waals surface area contributed by atoms with E-state index in [1.54, 1.807) is 30.3 Å². The highest BCUT2D eigenvalue weighted by molar-refractivity contribution is 5.86. The Bertz CT molecular complexity index is 978. The minimum Gasteiger partial charge on any atom is -0.480 e. The van der Waals surface area contributed by atoms with Crippen LogP contribution < -0.4 is 10.6 Å². The molecule has 2 aliphatic rings. The number of hydrogen-bond acceptors (Lipinski definition) is 6. The van der Waals surface area contributed by atoms with E-state index in [4.69, 9.17) is 9.72 Å². The van der Waals surface area contributed by atoms with E-state index in [1.807, 2.05) is 0 Å². The summed E-state index contributed by atoms with van der Waals surface area (Å²) in [5.74, 6) is -0.245. The van der Waals surface area contributed by atoms with Crippen molar-refractivity contribution in [3.05, 3.63) is 59.3 Å². The van der Waals surface area contributed by atoms with E-state index in [-0.39, 0.29) is 19.1 Å². The van der Waals surface area contributed by atoms with Crippen molar-refractivity contribution in [1.82, 2.24) is 10.3 Å². The Morgan fingerprint density at radius 2 is 1.97 bits per heavy atom. The monoisotopic (exact) mass is 467 g/mol. The molecule has 2 aromatic rings. The number of carboxylic acid groups (broad SMARTS) is 1. The van der Waals surface area contributed by atoms with Crippen LogP contribution in [0.4, 0.5) is 5.82 Å². The van der Waals surface area contributed by atoms with Crippen LogP contribution in [0, 0.1) is 5.92 Å². The molecule has 2 atom stereocenters. The number of anilines is 1. The highest BCUT2D eigenvalue weighted by Gasteiger charge is 2.30. The Balaban J connectivity index is 1.14. The normalized spacial score (nSPS) is 20.9. The number of fused-ring (bicyclic) bond motifs is 1. The van der Waals surface area contributed by atoms with Crippen molar-refractivity contribution in [2.45, 2.75) is 63.2 Å². The SMILES string of the molecule is O=C(O)C(CCOC1CC(CCc2ccc3c(n2)NCCC3)C1)NC(=O)[C@H](O)c1ccccc1. The topological polar surface area (TPSA) is 121 Å². The van der Waals surface area contributed by atoms with Gasteiger partial charge < -0.3 is 25.6 Å². The van der Waals surface area contributed by atoms with Crippen molar-refractivity contribution >= 4 is 17.7 Å². The lowest BCUT2D eigenvalue weighted by Crippen LogP contribution is -2.44. The molecule has 1 saturated carbocycles. The molecule has 1 aliphatic heterocycles. The molecule has 34 heavy (non-hydrogen) atoms. The van der Waals surface area contributed by atoms with Gasteiger partial charge in [-0.05, 0) is 61.6 Å². The number of aliphatic carboxylic acids is 1. The summed E-state index contributed by atoms with van der Waals surface area (Å²) in [5.41, 5.74) is 2.84. The lowest BCUT2D eigenvalue weighted by atomic mass is 9.79. The predicted octanol–water partition coefficient (Wildman–Crippen LogP) is 2.86. The second-order valence-electron chi connectivity index (χ2n) is 9.21. The first-order valence-electron chi connectivity index (χ1n) is 12.1. The van der Waals surface area contributed by atoms with Crippen LogP contribution in [0.25, 0.3) is 0 Å². The summed E-state index contributed by atoms with van der Waals surface area (Å²) < 4.78 is 5.84. The van der Waals surface area contributed by atoms with Crippen LogP contribution in [-0.2, 0) is 27.2 Å². The molecule has 1 unspecified atom stereocenters. The average molecular weight is 468 g/mol. The van der Waals surface area contributed by atoms with Gasteiger partial charge in [0.25, 0.3) is 5.91 Å². The quantitative estimate of drug-likeness (QED) is 0.401. The minimum atomic E-state index is -1.41. The maximum absolute atomic E-state index is 12.3. The van der Waals surface area contributed by atoms with Crippen molar-refractivity contribution in [2.24, 2.45) is 5.92 Å². The smallest absolute Gasteiger partial charge is 0.326 e. The Labute approximate surface area is 199 Å². The van der Waals surface area contributed by atoms with Crippen LogP contribution in [0.5, 0.6) is 0 Å². The highest BCUT2D eigenvalue weighted by Crippen LogP contribution is 2.34. The number of aryl methyl sites for hydroxylation is 2. The van der Waals surface area contributed by atoms with Gasteiger partial charge in [-0.2, -0.15) is 0 Å². The van der Waals surface area contributed by atoms with Crippen LogP contribution in [0.15, 0.2) is 42.5 Å². The summed E-state index contributed by atoms with van der Waals surface area (Å²) in [6.45, 7) is 1.24. The molecule has 1 aromatic carbocycles. The zero-order valence-electron chi connectivity index (χ0n) is 19.3. The number of aliphatic hydroxyl groups is 1. The number of ether oxygens (including phenoxy) is 1. The third-order valence-electron chi connectivity index (χ3n) is 6.69. The van der Waals surface area contributed by atoms with E-state index < -0.39 is 24.0 Å². The number of aromatic nitrogens is 1. The number of hydrogen-bond donors (Lipinski definition) is 4. The van der Waals surface area contributed by atoms with Crippen LogP contribution in [0.1, 0.15) is 55.0 Å². The zero-order valence-corrected chi connectivity index (χ0v) is 19.3. The number of carbonyl (C=O) groups excluding carboxylic acids is 1. The van der Waals surface area contributed by atoms with E-state index in [9.17, 15) is 19.8 Å². The van der Waals surface area contributed by atoms with Crippen molar-refractivity contribution < 1.29 is 24.5 Å². The molecule has 0 spiro atoms. The van der Waals surface area contributed by atoms with Gasteiger partial charge in [0, 0.05) is 25.3 Å². The molecule has 0 saturated heterocycles. The number of nitrogens with one attached hydrogen (secondary N) is 2. The Morgan fingerprint density at radius 3 is 2.74 bits per heavy atom. The second kappa shape index (κ2) is 11.4. The maximum atomic E-state index is 12.3. The number of pyridine rings is 1. The number of carboxylic acids is 1. The summed E-state index contributed by atoms with van der Waals surface area (Å²) in [7, 11) is 0. The van der Waals surface area contributed by atoms with Crippen LogP contribution in [0.3, 0.4) is 0 Å². The molecule has 182 valence electrons. The highest BCUT2D eigenvalue weighted by atomic mass is 16.5. The second-order valence-corrected chi connectivity index (χ2v) is 9.21. The van der Waals surface area contributed by atoms with E-state index >= 15 is 0 Å². The van der Waals surface area contributed by atoms with Crippen LogP contribution in [0.2, 0.25) is 0 Å². The van der Waals surface area contributed by atoms with E-state index in [0.29, 0.717) is 11.5 Å². The molecule has 1 amide bonds. The summed E-state index contributed by atoms with van der Waals surface area (Å²) in [4.78, 5) is 28.6. The lowest BCUT2D eigenvalue weighted by molar-refractivity contribution is -0.144. The summed E-state index contributed by atoms with van der Waals surface area (Å²) in [6.07, 6.45) is 5.06. The van der Waals surface area contributed by atoms with Gasteiger partial charge in [0.05, 0.1) is 6.10 Å². The van der Waals surface area contributed by atoms with Gasteiger partial charge in [-0.3, -0.25) is 4.79 Å². The largest absolute Gasteiger partial charge is 0.480 e. The molecule has 1 aromatic heterocycles. The number of benzene rings is 1. The molecule has 4 rings (SSSR count). The van der Waals surface area contributed by atoms with Crippen molar-refractivity contribution in [3.8, 4) is 0 Å². The molecule has 0 bridgehead atoms. The molecule has 2 heterocycles. The Hall–Kier alpha value is -2.97. The van der Waals surface area contributed by atoms with Gasteiger partial charge in [0.1, 0.15) is 11.9 Å². The van der Waals surface area contributed by atoms with E-state index in [0.717, 1.165) is 56.6 Å². The molecule has 4 N–H and O–H groups in total. The number of carbonyl (C=O) groups is 2. The van der Waals surface area contributed by atoms with Crippen molar-refractivity contribution in [2.75, 3.05) is 18.5 Å². The standard InChI is InChI=1S/C26H33N3O5/c30-23(18-5-2-1-3-6-18)25(31)29-22(26(32)33)12-14-34-21-15-17(16-21)8-10-20-11-9-19-7-4-13-27-24(19)28-20/h1-3,5-6,9,11,17,21-23,30H,4,7-8,10,12-16H2,(H,27,28)(H,29,31)(H,32,33)/t17?,21?,22?,23-/m1/s1. The fourth-order valence-electron chi connectivity index (χ4n) is 4.55. The van der Waals surface area contributed by atoms with Crippen molar-refractivity contribution in [1.29, 1.82) is 0 Å². The molecule has 8 heteroatoms. The summed E-state index contributed by atoms with van der Waals surface area (Å²) in [5, 5.41) is 25.4. The lowest BCUT2D eigenvalue weighted by Gasteiger charge is -2.35. The molecule has 0 radical (unpaired) electrons. The summed E-state index contributed by atoms with van der Waals surface area (Å²) in [6, 6.07) is 11.6. The molecular weight excluding hydrogens is 434 g/mol.